The number of imidazole rings is 1. The van der Waals surface area contributed by atoms with E-state index in [1.165, 1.54) is 6.07 Å². The summed E-state index contributed by atoms with van der Waals surface area (Å²) in [4.78, 5) is 20.2. The number of aromatic amines is 1. The number of ether oxygens (including phenoxy) is 1. The highest BCUT2D eigenvalue weighted by molar-refractivity contribution is 5.81. The monoisotopic (exact) mass is 405 g/mol. The van der Waals surface area contributed by atoms with Crippen LogP contribution in [0.2, 0.25) is 0 Å². The average Bonchev–Trinajstić information content (AvgIpc) is 3.38. The second-order valence-electron chi connectivity index (χ2n) is 7.38. The zero-order chi connectivity index (χ0) is 21.4. The Bertz CT molecular complexity index is 1250. The highest BCUT2D eigenvalue weighted by atomic mass is 16.5. The summed E-state index contributed by atoms with van der Waals surface area (Å²) in [6.07, 6.45) is 3.98. The third kappa shape index (κ3) is 3.50. The van der Waals surface area contributed by atoms with Gasteiger partial charge in [0.15, 0.2) is 5.76 Å². The first kappa shape index (κ1) is 19.6. The summed E-state index contributed by atoms with van der Waals surface area (Å²) in [5.74, 6) is 1.34. The topological polar surface area (TPSA) is 93.3 Å². The molecule has 0 saturated heterocycles. The van der Waals surface area contributed by atoms with E-state index in [1.54, 1.807) is 14.0 Å². The van der Waals surface area contributed by atoms with Gasteiger partial charge in [0, 0.05) is 35.6 Å². The predicted molar refractivity (Wildman–Crippen MR) is 115 cm³/mol. The van der Waals surface area contributed by atoms with E-state index in [9.17, 15) is 9.90 Å². The van der Waals surface area contributed by atoms with Crippen LogP contribution in [0.4, 0.5) is 0 Å². The number of hydrogen-bond acceptors (Lipinski definition) is 5. The van der Waals surface area contributed by atoms with E-state index in [1.807, 2.05) is 42.7 Å². The van der Waals surface area contributed by atoms with E-state index in [0.717, 1.165) is 16.9 Å². The summed E-state index contributed by atoms with van der Waals surface area (Å²) in [5, 5.41) is 10.4. The van der Waals surface area contributed by atoms with E-state index >= 15 is 0 Å². The second-order valence-corrected chi connectivity index (χ2v) is 7.38. The van der Waals surface area contributed by atoms with Crippen molar-refractivity contribution in [2.24, 2.45) is 0 Å². The molecule has 0 amide bonds. The normalized spacial score (nSPS) is 11.2. The lowest BCUT2D eigenvalue weighted by molar-refractivity contribution is 0.415. The third-order valence-electron chi connectivity index (χ3n) is 4.92. The first-order valence-electron chi connectivity index (χ1n) is 9.63. The van der Waals surface area contributed by atoms with Gasteiger partial charge in [0.05, 0.1) is 7.11 Å². The maximum Gasteiger partial charge on any atom is 0.227 e. The summed E-state index contributed by atoms with van der Waals surface area (Å²) in [5.41, 5.74) is 2.18. The van der Waals surface area contributed by atoms with Crippen LogP contribution in [0.5, 0.6) is 11.5 Å². The van der Waals surface area contributed by atoms with Crippen LogP contribution < -0.4 is 10.2 Å². The smallest absolute Gasteiger partial charge is 0.227 e. The standard InChI is InChI=1S/C23H23N3O4/c1-13(2)26-10-9-16(12-26)23-24-19(15-5-7-17(29-4)8-6-15)20(25-23)22-21(28)18(27)11-14(3)30-22/h5-13,28H,1-4H3,(H,24,25). The van der Waals surface area contributed by atoms with Gasteiger partial charge in [0.1, 0.15) is 28.7 Å². The first-order chi connectivity index (χ1) is 14.4. The van der Waals surface area contributed by atoms with Crippen molar-refractivity contribution < 1.29 is 14.3 Å². The minimum Gasteiger partial charge on any atom is -0.501 e. The number of benzene rings is 1. The first-order valence-corrected chi connectivity index (χ1v) is 9.63. The lowest BCUT2D eigenvalue weighted by atomic mass is 10.1. The van der Waals surface area contributed by atoms with Gasteiger partial charge < -0.3 is 23.8 Å². The highest BCUT2D eigenvalue weighted by Gasteiger charge is 2.22. The van der Waals surface area contributed by atoms with Crippen molar-refractivity contribution in [3.05, 3.63) is 64.8 Å². The Morgan fingerprint density at radius 2 is 1.90 bits per heavy atom. The number of methoxy groups -OCH3 is 1. The number of rotatable bonds is 5. The Morgan fingerprint density at radius 1 is 1.17 bits per heavy atom. The summed E-state index contributed by atoms with van der Waals surface area (Å²) >= 11 is 0. The summed E-state index contributed by atoms with van der Waals surface area (Å²) in [7, 11) is 1.60. The van der Waals surface area contributed by atoms with Crippen molar-refractivity contribution >= 4 is 0 Å². The average molecular weight is 405 g/mol. The maximum atomic E-state index is 12.2. The molecule has 0 radical (unpaired) electrons. The molecule has 7 nitrogen and oxygen atoms in total. The van der Waals surface area contributed by atoms with Crippen LogP contribution in [-0.2, 0) is 0 Å². The molecule has 3 aromatic heterocycles. The molecule has 4 rings (SSSR count). The predicted octanol–water partition coefficient (Wildman–Crippen LogP) is 4.77. The van der Waals surface area contributed by atoms with Gasteiger partial charge in [-0.3, -0.25) is 4.79 Å². The van der Waals surface area contributed by atoms with Gasteiger partial charge >= 0.3 is 0 Å². The molecule has 0 unspecified atom stereocenters. The van der Waals surface area contributed by atoms with Crippen molar-refractivity contribution in [3.63, 3.8) is 0 Å². The maximum absolute atomic E-state index is 12.2. The van der Waals surface area contributed by atoms with Gasteiger partial charge in [-0.2, -0.15) is 0 Å². The fourth-order valence-corrected chi connectivity index (χ4v) is 3.28. The number of nitrogens with one attached hydrogen (secondary N) is 1. The Morgan fingerprint density at radius 3 is 2.53 bits per heavy atom. The van der Waals surface area contributed by atoms with Gasteiger partial charge in [-0.05, 0) is 51.1 Å². The van der Waals surface area contributed by atoms with Gasteiger partial charge in [0.25, 0.3) is 0 Å². The Labute approximate surface area is 173 Å². The van der Waals surface area contributed by atoms with Crippen molar-refractivity contribution in [3.8, 4) is 45.6 Å². The van der Waals surface area contributed by atoms with Crippen LogP contribution in [0.3, 0.4) is 0 Å². The highest BCUT2D eigenvalue weighted by Crippen LogP contribution is 2.37. The van der Waals surface area contributed by atoms with Gasteiger partial charge in [-0.25, -0.2) is 4.98 Å². The van der Waals surface area contributed by atoms with Crippen LogP contribution in [0, 0.1) is 6.92 Å². The summed E-state index contributed by atoms with van der Waals surface area (Å²) < 4.78 is 13.0. The van der Waals surface area contributed by atoms with Gasteiger partial charge in [0.2, 0.25) is 11.2 Å². The van der Waals surface area contributed by atoms with Crippen molar-refractivity contribution in [2.45, 2.75) is 26.8 Å². The lowest BCUT2D eigenvalue weighted by Gasteiger charge is -2.06. The molecule has 0 saturated carbocycles. The molecule has 1 aromatic carbocycles. The quantitative estimate of drug-likeness (QED) is 0.499. The van der Waals surface area contributed by atoms with Crippen molar-refractivity contribution in [1.29, 1.82) is 0 Å². The Hall–Kier alpha value is -3.74. The number of H-pyrrole nitrogens is 1. The number of hydrogen-bond donors (Lipinski definition) is 2. The molecule has 3 heterocycles. The third-order valence-corrected chi connectivity index (χ3v) is 4.92. The van der Waals surface area contributed by atoms with Crippen LogP contribution in [0.15, 0.2) is 58.0 Å². The molecule has 0 aliphatic carbocycles. The van der Waals surface area contributed by atoms with E-state index in [4.69, 9.17) is 14.1 Å². The van der Waals surface area contributed by atoms with Gasteiger partial charge in [-0.15, -0.1) is 0 Å². The fourth-order valence-electron chi connectivity index (χ4n) is 3.28. The Balaban J connectivity index is 1.92. The van der Waals surface area contributed by atoms with E-state index in [-0.39, 0.29) is 5.76 Å². The zero-order valence-corrected chi connectivity index (χ0v) is 17.3. The zero-order valence-electron chi connectivity index (χ0n) is 17.3. The number of aromatic hydroxyl groups is 1. The molecule has 0 fully saturated rings. The van der Waals surface area contributed by atoms with Crippen LogP contribution in [0.25, 0.3) is 34.1 Å². The lowest BCUT2D eigenvalue weighted by Crippen LogP contribution is -2.01. The number of nitrogens with zero attached hydrogens (tertiary/aromatic N) is 2. The number of aromatic nitrogens is 3. The molecular weight excluding hydrogens is 382 g/mol. The molecule has 7 heteroatoms. The minimum atomic E-state index is -0.503. The molecule has 30 heavy (non-hydrogen) atoms. The molecule has 0 atom stereocenters. The van der Waals surface area contributed by atoms with Crippen LogP contribution in [-0.4, -0.2) is 26.8 Å². The second kappa shape index (κ2) is 7.59. The molecular formula is C23H23N3O4. The van der Waals surface area contributed by atoms with E-state index < -0.39 is 11.2 Å². The molecule has 0 aliphatic rings. The van der Waals surface area contributed by atoms with E-state index in [2.05, 4.69) is 23.4 Å². The molecule has 154 valence electrons. The summed E-state index contributed by atoms with van der Waals surface area (Å²) in [6, 6.07) is 10.9. The van der Waals surface area contributed by atoms with Crippen molar-refractivity contribution in [1.82, 2.24) is 14.5 Å². The Kier molecular flexibility index (Phi) is 4.95. The summed E-state index contributed by atoms with van der Waals surface area (Å²) in [6.45, 7) is 5.86. The number of aryl methyl sites for hydroxylation is 1. The van der Waals surface area contributed by atoms with Gasteiger partial charge in [-0.1, -0.05) is 0 Å². The van der Waals surface area contributed by atoms with E-state index in [0.29, 0.717) is 29.0 Å². The molecule has 0 spiro atoms. The molecule has 0 aliphatic heterocycles. The minimum absolute atomic E-state index is 0.0628. The van der Waals surface area contributed by atoms with Crippen molar-refractivity contribution in [2.75, 3.05) is 7.11 Å². The molecule has 0 bridgehead atoms. The fraction of sp³-hybridized carbons (Fsp3) is 0.217. The largest absolute Gasteiger partial charge is 0.501 e. The van der Waals surface area contributed by atoms with Crippen LogP contribution >= 0.6 is 0 Å². The van der Waals surface area contributed by atoms with Crippen LogP contribution in [0.1, 0.15) is 25.6 Å². The molecule has 4 aromatic rings. The SMILES string of the molecule is COc1ccc(-c2nc(-c3ccn(C(C)C)c3)[nH]c2-c2oc(C)cc(=O)c2O)cc1. The molecule has 2 N–H and O–H groups in total.